The molecule has 0 bridgehead atoms. The number of pyridine rings is 1. The lowest BCUT2D eigenvalue weighted by atomic mass is 10.2. The average molecular weight is 542 g/mol. The van der Waals surface area contributed by atoms with Gasteiger partial charge in [-0.15, -0.1) is 24.0 Å². The third kappa shape index (κ3) is 9.01. The Hall–Kier alpha value is -2.31. The topological polar surface area (TPSA) is 67.8 Å². The summed E-state index contributed by atoms with van der Waals surface area (Å²) >= 11 is 0. The van der Waals surface area contributed by atoms with E-state index in [0.717, 1.165) is 0 Å². The highest BCUT2D eigenvalue weighted by molar-refractivity contribution is 14.0. The zero-order chi connectivity index (χ0) is 21.3. The van der Waals surface area contributed by atoms with Gasteiger partial charge in [0, 0.05) is 25.4 Å². The normalized spacial score (nSPS) is 12.5. The third-order valence-corrected chi connectivity index (χ3v) is 3.61. The molecule has 11 heteroatoms. The van der Waals surface area contributed by atoms with Crippen LogP contribution in [0.25, 0.3) is 0 Å². The van der Waals surface area contributed by atoms with Gasteiger partial charge in [0.2, 0.25) is 5.88 Å². The first-order chi connectivity index (χ1) is 13.8. The van der Waals surface area contributed by atoms with Gasteiger partial charge in [0.25, 0.3) is 0 Å². The number of hydrogen-bond donors (Lipinski definition) is 2. The van der Waals surface area contributed by atoms with E-state index in [0.29, 0.717) is 18.1 Å². The van der Waals surface area contributed by atoms with Crippen LogP contribution in [0, 0.1) is 5.82 Å². The minimum atomic E-state index is -4.45. The fourth-order valence-corrected chi connectivity index (χ4v) is 2.28. The minimum Gasteiger partial charge on any atom is -0.486 e. The van der Waals surface area contributed by atoms with Gasteiger partial charge in [0.05, 0.1) is 6.54 Å². The summed E-state index contributed by atoms with van der Waals surface area (Å²) in [5.74, 6) is -0.0278. The molecule has 30 heavy (non-hydrogen) atoms. The number of halogens is 5. The molecule has 0 radical (unpaired) electrons. The second kappa shape index (κ2) is 12.4. The van der Waals surface area contributed by atoms with Gasteiger partial charge < -0.3 is 20.1 Å². The first kappa shape index (κ1) is 25.7. The van der Waals surface area contributed by atoms with Crippen LogP contribution in [0.3, 0.4) is 0 Å². The van der Waals surface area contributed by atoms with Crippen molar-refractivity contribution < 1.29 is 27.0 Å². The Morgan fingerprint density at radius 1 is 1.17 bits per heavy atom. The van der Waals surface area contributed by atoms with Gasteiger partial charge in [-0.3, -0.25) is 4.99 Å². The molecule has 0 saturated carbocycles. The zero-order valence-corrected chi connectivity index (χ0v) is 18.7. The van der Waals surface area contributed by atoms with E-state index < -0.39 is 18.6 Å². The van der Waals surface area contributed by atoms with E-state index in [-0.39, 0.29) is 48.3 Å². The van der Waals surface area contributed by atoms with Gasteiger partial charge in [-0.05, 0) is 25.1 Å². The number of aliphatic imine (C=N–C) groups is 1. The van der Waals surface area contributed by atoms with E-state index in [1.165, 1.54) is 18.3 Å². The molecule has 2 rings (SSSR count). The number of ether oxygens (including phenoxy) is 2. The van der Waals surface area contributed by atoms with E-state index in [2.05, 4.69) is 20.6 Å². The maximum atomic E-state index is 13.6. The van der Waals surface area contributed by atoms with E-state index in [9.17, 15) is 17.6 Å². The second-order valence-electron chi connectivity index (χ2n) is 6.04. The zero-order valence-electron chi connectivity index (χ0n) is 16.4. The lowest BCUT2D eigenvalue weighted by molar-refractivity contribution is -0.154. The fraction of sp³-hybridized carbons (Fsp3) is 0.368. The number of nitrogens with zero attached hydrogens (tertiary/aromatic N) is 2. The van der Waals surface area contributed by atoms with Gasteiger partial charge in [0.1, 0.15) is 6.10 Å². The van der Waals surface area contributed by atoms with Crippen LogP contribution < -0.4 is 20.1 Å². The van der Waals surface area contributed by atoms with Crippen molar-refractivity contribution in [2.45, 2.75) is 25.7 Å². The number of hydrogen-bond acceptors (Lipinski definition) is 4. The van der Waals surface area contributed by atoms with Crippen molar-refractivity contribution in [1.82, 2.24) is 15.6 Å². The summed E-state index contributed by atoms with van der Waals surface area (Å²) in [4.78, 5) is 7.87. The van der Waals surface area contributed by atoms with Crippen LogP contribution in [0.5, 0.6) is 11.6 Å². The highest BCUT2D eigenvalue weighted by Gasteiger charge is 2.29. The SMILES string of the molecule is CN=C(NCc1cccnc1OCC(F)(F)F)NCC(C)Oc1ccccc1F.I. The van der Waals surface area contributed by atoms with Crippen molar-refractivity contribution in [2.75, 3.05) is 20.2 Å². The minimum absolute atomic E-state index is 0. The smallest absolute Gasteiger partial charge is 0.422 e. The number of guanidine groups is 1. The van der Waals surface area contributed by atoms with Gasteiger partial charge in [0.15, 0.2) is 24.1 Å². The molecular formula is C19H23F4IN4O2. The Bertz CT molecular complexity index is 821. The van der Waals surface area contributed by atoms with Gasteiger partial charge in [-0.2, -0.15) is 13.2 Å². The predicted octanol–water partition coefficient (Wildman–Crippen LogP) is 3.91. The van der Waals surface area contributed by atoms with Crippen LogP contribution in [-0.2, 0) is 6.54 Å². The molecule has 0 fully saturated rings. The lowest BCUT2D eigenvalue weighted by Gasteiger charge is -2.18. The molecule has 0 aliphatic carbocycles. The van der Waals surface area contributed by atoms with Gasteiger partial charge in [-0.1, -0.05) is 18.2 Å². The summed E-state index contributed by atoms with van der Waals surface area (Å²) < 4.78 is 61.0. The van der Waals surface area contributed by atoms with Crippen LogP contribution in [0.4, 0.5) is 17.6 Å². The van der Waals surface area contributed by atoms with Crippen molar-refractivity contribution in [1.29, 1.82) is 0 Å². The van der Waals surface area contributed by atoms with Gasteiger partial charge in [-0.25, -0.2) is 9.37 Å². The number of nitrogens with one attached hydrogen (secondary N) is 2. The lowest BCUT2D eigenvalue weighted by Crippen LogP contribution is -2.41. The third-order valence-electron chi connectivity index (χ3n) is 3.61. The van der Waals surface area contributed by atoms with E-state index in [1.807, 2.05) is 0 Å². The molecule has 2 aromatic rings. The van der Waals surface area contributed by atoms with Crippen LogP contribution in [0.2, 0.25) is 0 Å². The van der Waals surface area contributed by atoms with Crippen molar-refractivity contribution in [3.05, 3.63) is 54.0 Å². The molecular weight excluding hydrogens is 519 g/mol. The predicted molar refractivity (Wildman–Crippen MR) is 116 cm³/mol. The van der Waals surface area contributed by atoms with Gasteiger partial charge >= 0.3 is 6.18 Å². The van der Waals surface area contributed by atoms with Crippen LogP contribution in [0.1, 0.15) is 12.5 Å². The standard InChI is InChI=1S/C19H22F4N4O2.HI/c1-13(29-16-8-4-3-7-15(16)20)10-26-18(24-2)27-11-14-6-5-9-25-17(14)28-12-19(21,22)23;/h3-9,13H,10-12H2,1-2H3,(H2,24,26,27);1H. The van der Waals surface area contributed by atoms with Crippen molar-refractivity contribution in [3.8, 4) is 11.6 Å². The molecule has 1 unspecified atom stereocenters. The molecule has 0 saturated heterocycles. The molecule has 0 aliphatic heterocycles. The first-order valence-electron chi connectivity index (χ1n) is 8.77. The summed E-state index contributed by atoms with van der Waals surface area (Å²) in [5.41, 5.74) is 0.440. The summed E-state index contributed by atoms with van der Waals surface area (Å²) in [5, 5.41) is 5.97. The summed E-state index contributed by atoms with van der Waals surface area (Å²) in [7, 11) is 1.54. The van der Waals surface area contributed by atoms with Crippen molar-refractivity contribution >= 4 is 29.9 Å². The quantitative estimate of drug-likeness (QED) is 0.229. The van der Waals surface area contributed by atoms with Crippen LogP contribution >= 0.6 is 24.0 Å². The number of rotatable bonds is 8. The molecule has 0 amide bonds. The molecule has 6 nitrogen and oxygen atoms in total. The highest BCUT2D eigenvalue weighted by Crippen LogP contribution is 2.20. The van der Waals surface area contributed by atoms with E-state index in [4.69, 9.17) is 9.47 Å². The molecule has 1 aromatic carbocycles. The van der Waals surface area contributed by atoms with Crippen molar-refractivity contribution in [2.24, 2.45) is 4.99 Å². The summed E-state index contributed by atoms with van der Waals surface area (Å²) in [6, 6.07) is 9.28. The molecule has 1 heterocycles. The molecule has 1 atom stereocenters. The van der Waals surface area contributed by atoms with Crippen molar-refractivity contribution in [3.63, 3.8) is 0 Å². The Morgan fingerprint density at radius 3 is 2.57 bits per heavy atom. The molecule has 0 aliphatic rings. The van der Waals surface area contributed by atoms with Crippen LogP contribution in [0.15, 0.2) is 47.6 Å². The number of benzene rings is 1. The Labute approximate surface area is 189 Å². The highest BCUT2D eigenvalue weighted by atomic mass is 127. The molecule has 166 valence electrons. The number of alkyl halides is 3. The monoisotopic (exact) mass is 542 g/mol. The number of aromatic nitrogens is 1. The second-order valence-corrected chi connectivity index (χ2v) is 6.04. The summed E-state index contributed by atoms with van der Waals surface area (Å²) in [6.07, 6.45) is -3.47. The Balaban J connectivity index is 0.00000450. The largest absolute Gasteiger partial charge is 0.486 e. The Morgan fingerprint density at radius 2 is 1.90 bits per heavy atom. The maximum absolute atomic E-state index is 13.6. The van der Waals surface area contributed by atoms with Crippen LogP contribution in [-0.4, -0.2) is 43.4 Å². The molecule has 2 N–H and O–H groups in total. The van der Waals surface area contributed by atoms with E-state index in [1.54, 1.807) is 38.2 Å². The first-order valence-corrected chi connectivity index (χ1v) is 8.77. The fourth-order valence-electron chi connectivity index (χ4n) is 2.28. The molecule has 1 aromatic heterocycles. The number of para-hydroxylation sites is 1. The Kier molecular flexibility index (Phi) is 10.6. The average Bonchev–Trinajstić information content (AvgIpc) is 2.68. The van der Waals surface area contributed by atoms with E-state index >= 15 is 0 Å². The maximum Gasteiger partial charge on any atom is 0.422 e. The molecule has 0 spiro atoms. The summed E-state index contributed by atoms with van der Waals surface area (Å²) in [6.45, 7) is 0.799.